The van der Waals surface area contributed by atoms with Crippen molar-refractivity contribution in [1.29, 1.82) is 0 Å². The van der Waals surface area contributed by atoms with E-state index in [-0.39, 0.29) is 0 Å². The molecule has 2 aliphatic heterocycles. The van der Waals surface area contributed by atoms with Crippen LogP contribution in [-0.2, 0) is 0 Å². The lowest BCUT2D eigenvalue weighted by Gasteiger charge is -2.00. The number of benzene rings is 2. The quantitative estimate of drug-likeness (QED) is 0.367. The highest BCUT2D eigenvalue weighted by molar-refractivity contribution is 8.42. The van der Waals surface area contributed by atoms with Crippen molar-refractivity contribution in [2.45, 2.75) is 0 Å². The number of thioether (sulfide) groups is 6. The van der Waals surface area contributed by atoms with Gasteiger partial charge < -0.3 is 0 Å². The molecule has 0 fully saturated rings. The maximum atomic E-state index is 3.41. The third-order valence-corrected chi connectivity index (χ3v) is 12.6. The van der Waals surface area contributed by atoms with Crippen molar-refractivity contribution in [3.63, 3.8) is 0 Å². The van der Waals surface area contributed by atoms with Crippen molar-refractivity contribution in [3.05, 3.63) is 97.5 Å². The van der Waals surface area contributed by atoms with Crippen molar-refractivity contribution in [2.24, 2.45) is 0 Å². The summed E-state index contributed by atoms with van der Waals surface area (Å²) in [6.07, 6.45) is 4.29. The fourth-order valence-corrected chi connectivity index (χ4v) is 10.5. The minimum atomic E-state index is 0.944. The first-order valence-corrected chi connectivity index (χ1v) is 15.2. The molecule has 2 aromatic rings. The Balaban J connectivity index is 1.59. The highest BCUT2D eigenvalue weighted by Crippen LogP contribution is 2.62. The number of fused-ring (bicyclic) bond motifs is 2. The molecule has 5 rings (SSSR count). The molecule has 0 spiro atoms. The zero-order valence-electron chi connectivity index (χ0n) is 17.1. The van der Waals surface area contributed by atoms with Gasteiger partial charge in [-0.2, -0.15) is 0 Å². The lowest BCUT2D eigenvalue weighted by Crippen LogP contribution is -1.87. The summed E-state index contributed by atoms with van der Waals surface area (Å²) in [6.45, 7) is 0. The van der Waals surface area contributed by atoms with Crippen LogP contribution in [0.25, 0.3) is 0 Å². The maximum Gasteiger partial charge on any atom is 0.0855 e. The van der Waals surface area contributed by atoms with Crippen LogP contribution < -0.4 is 0 Å². The first-order chi connectivity index (χ1) is 15.7. The highest BCUT2D eigenvalue weighted by atomic mass is 32.3. The number of allylic oxidation sites excluding steroid dienone is 2. The molecule has 0 aromatic heterocycles. The molecule has 154 valence electrons. The molecule has 0 atom stereocenters. The molecule has 3 aliphatic rings. The van der Waals surface area contributed by atoms with Crippen LogP contribution in [0.15, 0.2) is 75.3 Å². The van der Waals surface area contributed by atoms with Crippen molar-refractivity contribution in [2.75, 3.05) is 12.5 Å². The van der Waals surface area contributed by atoms with E-state index in [0.29, 0.717) is 0 Å². The van der Waals surface area contributed by atoms with E-state index < -0.39 is 0 Å². The van der Waals surface area contributed by atoms with Gasteiger partial charge in [-0.25, -0.2) is 0 Å². The summed E-state index contributed by atoms with van der Waals surface area (Å²) in [5.41, 5.74) is 3.79. The maximum absolute atomic E-state index is 3.41. The molecule has 6 heteroatoms. The van der Waals surface area contributed by atoms with Crippen LogP contribution >= 0.6 is 70.6 Å². The molecular weight excluding hydrogens is 505 g/mol. The fraction of sp³-hybridized carbons (Fsp3) is 0.0769. The average molecular weight is 519 g/mol. The van der Waals surface area contributed by atoms with Gasteiger partial charge in [0.05, 0.1) is 26.8 Å². The van der Waals surface area contributed by atoms with E-state index in [0.717, 1.165) is 32.1 Å². The van der Waals surface area contributed by atoms with Gasteiger partial charge in [-0.15, -0.1) is 23.5 Å². The predicted octanol–water partition coefficient (Wildman–Crippen LogP) is 7.95. The molecular formula is C26H14S6. The molecule has 0 unspecified atom stereocenters. The molecule has 0 saturated heterocycles. The SMILES string of the molecule is CSC1=C(SC)SC(=C2SC3=C(C#Cc4ccccc4C#Cc4ccccc4C#C3)S2)S1. The smallest absolute Gasteiger partial charge is 0.0855 e. The third-order valence-electron chi connectivity index (χ3n) is 4.48. The zero-order valence-corrected chi connectivity index (χ0v) is 22.0. The molecule has 0 radical (unpaired) electrons. The van der Waals surface area contributed by atoms with E-state index in [1.807, 2.05) is 95.6 Å². The molecule has 0 saturated carbocycles. The van der Waals surface area contributed by atoms with E-state index in [4.69, 9.17) is 0 Å². The Morgan fingerprint density at radius 3 is 1.22 bits per heavy atom. The van der Waals surface area contributed by atoms with E-state index in [9.17, 15) is 0 Å². The summed E-state index contributed by atoms with van der Waals surface area (Å²) < 4.78 is 5.36. The number of rotatable bonds is 2. The van der Waals surface area contributed by atoms with Crippen LogP contribution in [0.4, 0.5) is 0 Å². The fourth-order valence-electron chi connectivity index (χ4n) is 2.94. The van der Waals surface area contributed by atoms with Gasteiger partial charge in [0.15, 0.2) is 0 Å². The number of hydrogen-bond acceptors (Lipinski definition) is 6. The van der Waals surface area contributed by atoms with E-state index >= 15 is 0 Å². The van der Waals surface area contributed by atoms with Crippen LogP contribution in [0.1, 0.15) is 22.3 Å². The summed E-state index contributed by atoms with van der Waals surface area (Å²) in [5, 5.41) is 0. The predicted molar refractivity (Wildman–Crippen MR) is 151 cm³/mol. The molecule has 1 aliphatic carbocycles. The summed E-state index contributed by atoms with van der Waals surface area (Å²) in [7, 11) is 0. The summed E-state index contributed by atoms with van der Waals surface area (Å²) in [5.74, 6) is 20.1. The summed E-state index contributed by atoms with van der Waals surface area (Å²) >= 11 is 10.9. The highest BCUT2D eigenvalue weighted by Gasteiger charge is 2.28. The molecule has 2 aromatic carbocycles. The van der Waals surface area contributed by atoms with Gasteiger partial charge in [0.1, 0.15) is 0 Å². The van der Waals surface area contributed by atoms with Gasteiger partial charge >= 0.3 is 0 Å². The minimum Gasteiger partial charge on any atom is -0.121 e. The summed E-state index contributed by atoms with van der Waals surface area (Å²) in [6, 6.07) is 16.2. The van der Waals surface area contributed by atoms with Gasteiger partial charge in [0.2, 0.25) is 0 Å². The molecule has 0 bridgehead atoms. The molecule has 0 nitrogen and oxygen atoms in total. The first-order valence-electron chi connectivity index (χ1n) is 9.51. The second kappa shape index (κ2) is 10.1. The second-order valence-electron chi connectivity index (χ2n) is 6.47. The molecule has 32 heavy (non-hydrogen) atoms. The Hall–Kier alpha value is -1.56. The standard InChI is InChI=1S/C26H14S6/c1-27-23-24(28-2)32-26(31-23)25-29-21-15-13-19-9-5-3-7-17(19)11-12-18-8-4-6-10-20(18)14-16-22(21)30-25/h3-10H,1-2H3. The first kappa shape index (κ1) is 22.2. The van der Waals surface area contributed by atoms with Gasteiger partial charge in [-0.3, -0.25) is 0 Å². The monoisotopic (exact) mass is 518 g/mol. The van der Waals surface area contributed by atoms with Crippen LogP contribution in [-0.4, -0.2) is 12.5 Å². The zero-order chi connectivity index (χ0) is 21.9. The Bertz CT molecular complexity index is 1310. The van der Waals surface area contributed by atoms with Crippen molar-refractivity contribution >= 4 is 70.6 Å². The van der Waals surface area contributed by atoms with E-state index in [1.54, 1.807) is 23.5 Å². The lowest BCUT2D eigenvalue weighted by molar-refractivity contribution is 1.56. The molecule has 2 heterocycles. The van der Waals surface area contributed by atoms with Crippen LogP contribution in [0.3, 0.4) is 0 Å². The third kappa shape index (κ3) is 4.71. The van der Waals surface area contributed by atoms with Gasteiger partial charge in [0.25, 0.3) is 0 Å². The van der Waals surface area contributed by atoms with Gasteiger partial charge in [0, 0.05) is 22.3 Å². The Morgan fingerprint density at radius 1 is 0.500 bits per heavy atom. The van der Waals surface area contributed by atoms with Gasteiger partial charge in [-0.1, -0.05) is 107 Å². The Kier molecular flexibility index (Phi) is 7.05. The average Bonchev–Trinajstić information content (AvgIpc) is 3.44. The normalized spacial score (nSPS) is 16.4. The van der Waals surface area contributed by atoms with Crippen LogP contribution in [0.2, 0.25) is 0 Å². The van der Waals surface area contributed by atoms with E-state index in [1.165, 1.54) is 16.9 Å². The van der Waals surface area contributed by atoms with Gasteiger partial charge in [-0.05, 0) is 36.8 Å². The summed E-state index contributed by atoms with van der Waals surface area (Å²) in [4.78, 5) is 2.05. The molecule has 0 amide bonds. The Labute approximate surface area is 214 Å². The van der Waals surface area contributed by atoms with Crippen LogP contribution in [0, 0.1) is 35.5 Å². The van der Waals surface area contributed by atoms with Crippen molar-refractivity contribution in [3.8, 4) is 35.5 Å². The number of hydrogen-bond donors (Lipinski definition) is 0. The second-order valence-corrected chi connectivity index (χ2v) is 13.2. The largest absolute Gasteiger partial charge is 0.121 e. The Morgan fingerprint density at radius 2 is 0.844 bits per heavy atom. The molecule has 0 N–H and O–H groups in total. The van der Waals surface area contributed by atoms with Crippen molar-refractivity contribution < 1.29 is 0 Å². The van der Waals surface area contributed by atoms with Crippen LogP contribution in [0.5, 0.6) is 0 Å². The van der Waals surface area contributed by atoms with Crippen molar-refractivity contribution in [1.82, 2.24) is 0 Å². The lowest BCUT2D eigenvalue weighted by atomic mass is 10.1. The minimum absolute atomic E-state index is 0.944. The van der Waals surface area contributed by atoms with E-state index in [2.05, 4.69) is 48.0 Å². The topological polar surface area (TPSA) is 0 Å².